The van der Waals surface area contributed by atoms with E-state index in [0.29, 0.717) is 0 Å². The lowest BCUT2D eigenvalue weighted by Crippen LogP contribution is -2.41. The molecule has 0 aliphatic rings. The first-order valence-electron chi connectivity index (χ1n) is 2.75. The highest BCUT2D eigenvalue weighted by Crippen LogP contribution is 2.12. The molecule has 0 aromatic carbocycles. The molecule has 1 unspecified atom stereocenters. The molecule has 1 amide bonds. The quantitative estimate of drug-likeness (QED) is 0.562. The summed E-state index contributed by atoms with van der Waals surface area (Å²) in [5.41, 5.74) is 0. The Morgan fingerprint density at radius 1 is 1.60 bits per heavy atom. The SMILES string of the molecule is CC(C)(C)[S+]([O-])NC(=O)O. The van der Waals surface area contributed by atoms with E-state index in [0.717, 1.165) is 0 Å². The number of carboxylic acid groups (broad SMARTS) is 1. The summed E-state index contributed by atoms with van der Waals surface area (Å²) in [6.45, 7) is 5.08. The molecule has 0 saturated heterocycles. The Labute approximate surface area is 62.9 Å². The van der Waals surface area contributed by atoms with Gasteiger partial charge in [-0.15, -0.1) is 4.72 Å². The van der Waals surface area contributed by atoms with Crippen molar-refractivity contribution >= 4 is 17.5 Å². The van der Waals surface area contributed by atoms with Crippen LogP contribution < -0.4 is 4.72 Å². The van der Waals surface area contributed by atoms with E-state index in [1.54, 1.807) is 20.8 Å². The van der Waals surface area contributed by atoms with Crippen molar-refractivity contribution in [1.82, 2.24) is 4.72 Å². The van der Waals surface area contributed by atoms with Gasteiger partial charge in [-0.3, -0.25) is 0 Å². The van der Waals surface area contributed by atoms with E-state index >= 15 is 0 Å². The molecule has 0 rings (SSSR count). The first-order valence-corrected chi connectivity index (χ1v) is 3.90. The van der Waals surface area contributed by atoms with Crippen LogP contribution in [-0.2, 0) is 11.4 Å². The Kier molecular flexibility index (Phi) is 2.98. The molecule has 0 aromatic heterocycles. The average Bonchev–Trinajstić information content (AvgIpc) is 1.60. The Bertz CT molecular complexity index is 131. The van der Waals surface area contributed by atoms with Crippen LogP contribution in [0.4, 0.5) is 4.79 Å². The Morgan fingerprint density at radius 3 is 2.10 bits per heavy atom. The van der Waals surface area contributed by atoms with Gasteiger partial charge in [0.25, 0.3) is 0 Å². The van der Waals surface area contributed by atoms with Crippen molar-refractivity contribution in [1.29, 1.82) is 0 Å². The summed E-state index contributed by atoms with van der Waals surface area (Å²) in [6.07, 6.45) is -1.26. The van der Waals surface area contributed by atoms with Crippen molar-refractivity contribution in [3.8, 4) is 0 Å². The maximum Gasteiger partial charge on any atom is 0.446 e. The number of carbonyl (C=O) groups is 1. The third-order valence-electron chi connectivity index (χ3n) is 0.736. The number of hydrogen-bond donors (Lipinski definition) is 2. The largest absolute Gasteiger partial charge is 0.593 e. The molecule has 0 saturated carbocycles. The van der Waals surface area contributed by atoms with Gasteiger partial charge >= 0.3 is 6.09 Å². The van der Waals surface area contributed by atoms with Crippen LogP contribution in [-0.4, -0.2) is 20.5 Å². The summed E-state index contributed by atoms with van der Waals surface area (Å²) >= 11 is -1.52. The zero-order chi connectivity index (χ0) is 8.36. The van der Waals surface area contributed by atoms with Crippen molar-refractivity contribution in [2.75, 3.05) is 0 Å². The Hall–Kier alpha value is -0.420. The zero-order valence-corrected chi connectivity index (χ0v) is 6.99. The summed E-state index contributed by atoms with van der Waals surface area (Å²) in [5.74, 6) is 0. The van der Waals surface area contributed by atoms with Gasteiger partial charge in [-0.05, 0) is 20.8 Å². The van der Waals surface area contributed by atoms with Crippen LogP contribution in [0.1, 0.15) is 20.8 Å². The lowest BCUT2D eigenvalue weighted by molar-refractivity contribution is 0.200. The van der Waals surface area contributed by atoms with Crippen LogP contribution in [0.2, 0.25) is 0 Å². The van der Waals surface area contributed by atoms with Crippen molar-refractivity contribution in [2.45, 2.75) is 25.5 Å². The molecule has 0 aliphatic carbocycles. The van der Waals surface area contributed by atoms with Crippen molar-refractivity contribution in [3.63, 3.8) is 0 Å². The molecular weight excluding hydrogens is 154 g/mol. The highest BCUT2D eigenvalue weighted by molar-refractivity contribution is 7.91. The van der Waals surface area contributed by atoms with Crippen LogP contribution >= 0.6 is 0 Å². The van der Waals surface area contributed by atoms with E-state index in [1.165, 1.54) is 0 Å². The van der Waals surface area contributed by atoms with Crippen molar-refractivity contribution in [3.05, 3.63) is 0 Å². The molecule has 0 aromatic rings. The second-order valence-electron chi connectivity index (χ2n) is 2.79. The smallest absolute Gasteiger partial charge is 0.446 e. The maximum absolute atomic E-state index is 10.9. The number of hydrogen-bond acceptors (Lipinski definition) is 2. The summed E-state index contributed by atoms with van der Waals surface area (Å²) in [5, 5.41) is 8.14. The van der Waals surface area contributed by atoms with E-state index in [4.69, 9.17) is 5.11 Å². The minimum Gasteiger partial charge on any atom is -0.593 e. The molecule has 10 heavy (non-hydrogen) atoms. The van der Waals surface area contributed by atoms with E-state index in [1.807, 2.05) is 4.72 Å². The first kappa shape index (κ1) is 9.58. The number of nitrogens with one attached hydrogen (secondary N) is 1. The predicted octanol–water partition coefficient (Wildman–Crippen LogP) is 0.716. The second kappa shape index (κ2) is 3.12. The zero-order valence-electron chi connectivity index (χ0n) is 6.17. The van der Waals surface area contributed by atoms with Gasteiger partial charge in [0.05, 0.1) is 11.4 Å². The van der Waals surface area contributed by atoms with Gasteiger partial charge in [-0.2, -0.15) is 0 Å². The first-order chi connectivity index (χ1) is 4.34. The van der Waals surface area contributed by atoms with Gasteiger partial charge in [-0.25, -0.2) is 4.79 Å². The molecule has 2 N–H and O–H groups in total. The van der Waals surface area contributed by atoms with E-state index in [2.05, 4.69) is 0 Å². The Morgan fingerprint density at radius 2 is 2.00 bits per heavy atom. The van der Waals surface area contributed by atoms with E-state index < -0.39 is 22.2 Å². The van der Waals surface area contributed by atoms with Crippen molar-refractivity contribution in [2.24, 2.45) is 0 Å². The molecule has 0 bridgehead atoms. The molecule has 0 heterocycles. The second-order valence-corrected chi connectivity index (χ2v) is 4.75. The van der Waals surface area contributed by atoms with Gasteiger partial charge in [0, 0.05) is 0 Å². The van der Waals surface area contributed by atoms with Crippen LogP contribution in [0.3, 0.4) is 0 Å². The monoisotopic (exact) mass is 165 g/mol. The van der Waals surface area contributed by atoms with Crippen LogP contribution in [0.5, 0.6) is 0 Å². The molecule has 0 spiro atoms. The van der Waals surface area contributed by atoms with Gasteiger partial charge < -0.3 is 9.66 Å². The normalized spacial score (nSPS) is 14.4. The highest BCUT2D eigenvalue weighted by Gasteiger charge is 2.28. The summed E-state index contributed by atoms with van der Waals surface area (Å²) in [4.78, 5) is 9.95. The number of rotatable bonds is 1. The maximum atomic E-state index is 10.9. The van der Waals surface area contributed by atoms with E-state index in [-0.39, 0.29) is 0 Å². The fourth-order valence-corrected chi connectivity index (χ4v) is 0.697. The van der Waals surface area contributed by atoms with E-state index in [9.17, 15) is 9.35 Å². The molecule has 0 fully saturated rings. The lowest BCUT2D eigenvalue weighted by Gasteiger charge is -2.21. The van der Waals surface area contributed by atoms with Crippen molar-refractivity contribution < 1.29 is 14.5 Å². The van der Waals surface area contributed by atoms with Crippen LogP contribution in [0.25, 0.3) is 0 Å². The molecule has 5 heteroatoms. The summed E-state index contributed by atoms with van der Waals surface area (Å²) < 4.78 is 12.2. The predicted molar refractivity (Wildman–Crippen MR) is 39.1 cm³/mol. The highest BCUT2D eigenvalue weighted by atomic mass is 32.2. The van der Waals surface area contributed by atoms with Gasteiger partial charge in [0.1, 0.15) is 4.75 Å². The summed E-state index contributed by atoms with van der Waals surface area (Å²) in [7, 11) is 0. The number of amides is 1. The molecule has 60 valence electrons. The third kappa shape index (κ3) is 3.58. The lowest BCUT2D eigenvalue weighted by atomic mass is 10.3. The molecule has 0 aliphatic heterocycles. The molecule has 1 atom stereocenters. The van der Waals surface area contributed by atoms with Gasteiger partial charge in [0.2, 0.25) is 0 Å². The summed E-state index contributed by atoms with van der Waals surface area (Å²) in [6, 6.07) is 0. The van der Waals surface area contributed by atoms with Crippen LogP contribution in [0, 0.1) is 0 Å². The standard InChI is InChI=1S/C5H11NO3S/c1-5(2,3)10(9)6-4(7)8/h6H,1-3H3,(H,7,8). The van der Waals surface area contributed by atoms with Crippen LogP contribution in [0.15, 0.2) is 0 Å². The fourth-order valence-electron chi connectivity index (χ4n) is 0.232. The third-order valence-corrected chi connectivity index (χ3v) is 2.21. The minimum atomic E-state index is -1.52. The fraction of sp³-hybridized carbons (Fsp3) is 0.800. The topological polar surface area (TPSA) is 72.4 Å². The Balaban J connectivity index is 3.85. The average molecular weight is 165 g/mol. The molecular formula is C5H11NO3S. The molecule has 4 nitrogen and oxygen atoms in total. The van der Waals surface area contributed by atoms with Gasteiger partial charge in [0.15, 0.2) is 0 Å². The van der Waals surface area contributed by atoms with Gasteiger partial charge in [-0.1, -0.05) is 0 Å². The molecule has 0 radical (unpaired) electrons. The minimum absolute atomic E-state index is 0.529.